The molecule has 4 aliphatic carbocycles. The molecule has 0 N–H and O–H groups in total. The minimum atomic E-state index is -0.638. The number of pyridine rings is 1. The van der Waals surface area contributed by atoms with Crippen LogP contribution in [0.25, 0.3) is 11.4 Å². The van der Waals surface area contributed by atoms with Crippen molar-refractivity contribution in [3.05, 3.63) is 41.0 Å². The third-order valence-corrected chi connectivity index (χ3v) is 15.6. The van der Waals surface area contributed by atoms with Crippen molar-refractivity contribution in [1.82, 2.24) is 14.8 Å². The highest BCUT2D eigenvalue weighted by atomic mass is 16.1. The molecule has 0 radical (unpaired) electrons. The number of hydrogen-bond donors (Lipinski definition) is 0. The second-order valence-corrected chi connectivity index (χ2v) is 18.6. The van der Waals surface area contributed by atoms with E-state index in [1.54, 1.807) is 5.57 Å². The monoisotopic (exact) mass is 684 g/mol. The molecule has 2 aromatic heterocycles. The number of hydrogen-bond acceptors (Lipinski definition) is 4. The van der Waals surface area contributed by atoms with E-state index < -0.39 is 5.54 Å². The summed E-state index contributed by atoms with van der Waals surface area (Å²) >= 11 is 0. The van der Waals surface area contributed by atoms with Gasteiger partial charge in [-0.15, -0.1) is 10.2 Å². The standard InChI is InChI=1S/C44H67N4O2/c1-11-41(7,28-50)48-27-32(15-17-36(48)30(4)5)40-46-45-38(47(40)10)26-44(24-25-49)23-20-35-34(39(44)31(6)29(2)3)16-18-37-42(8)21-13-12-14-33(42)19-22-43(35,37)9/h15,17,25,27-30,33-35,37H,11-14,16,18-24,26H2,1-10H3/q+1/b39-31+. The molecule has 6 rings (SSSR count). The van der Waals surface area contributed by atoms with Crippen LogP contribution in [0.3, 0.4) is 0 Å². The lowest BCUT2D eigenvalue weighted by atomic mass is 9.38. The summed E-state index contributed by atoms with van der Waals surface area (Å²) in [6, 6.07) is 4.27. The van der Waals surface area contributed by atoms with Gasteiger partial charge in [-0.2, -0.15) is 4.57 Å². The van der Waals surface area contributed by atoms with E-state index in [1.165, 1.54) is 69.6 Å². The van der Waals surface area contributed by atoms with Gasteiger partial charge in [0.15, 0.2) is 24.0 Å². The molecular formula is C44H67N4O2+. The number of rotatable bonds is 10. The quantitative estimate of drug-likeness (QED) is 0.142. The highest BCUT2D eigenvalue weighted by Crippen LogP contribution is 2.70. The molecule has 4 saturated carbocycles. The van der Waals surface area contributed by atoms with Gasteiger partial charge >= 0.3 is 0 Å². The normalized spacial score (nSPS) is 34.8. The first-order valence-electron chi connectivity index (χ1n) is 20.3. The summed E-state index contributed by atoms with van der Waals surface area (Å²) in [4.78, 5) is 25.1. The smallest absolute Gasteiger partial charge is 0.219 e. The van der Waals surface area contributed by atoms with E-state index in [2.05, 4.69) is 89.9 Å². The maximum atomic E-state index is 12.7. The highest BCUT2D eigenvalue weighted by molar-refractivity contribution is 5.59. The average molecular weight is 684 g/mol. The maximum absolute atomic E-state index is 12.7. The van der Waals surface area contributed by atoms with Crippen LogP contribution in [0.4, 0.5) is 0 Å². The minimum Gasteiger partial charge on any atom is -0.314 e. The Labute approximate surface area is 303 Å². The first-order valence-corrected chi connectivity index (χ1v) is 20.3. The van der Waals surface area contributed by atoms with Gasteiger partial charge in [-0.05, 0) is 105 Å². The Morgan fingerprint density at radius 2 is 1.76 bits per heavy atom. The zero-order valence-electron chi connectivity index (χ0n) is 33.1. The van der Waals surface area contributed by atoms with Crippen LogP contribution in [0.5, 0.6) is 0 Å². The number of aldehydes is 2. The van der Waals surface area contributed by atoms with Gasteiger partial charge in [0, 0.05) is 50.6 Å². The fourth-order valence-corrected chi connectivity index (χ4v) is 12.3. The average Bonchev–Trinajstić information content (AvgIpc) is 3.45. The van der Waals surface area contributed by atoms with Gasteiger partial charge in [0.05, 0.1) is 5.56 Å². The summed E-state index contributed by atoms with van der Waals surface area (Å²) in [7, 11) is 2.08. The first-order chi connectivity index (χ1) is 23.7. The maximum Gasteiger partial charge on any atom is 0.219 e. The van der Waals surface area contributed by atoms with E-state index >= 15 is 0 Å². The summed E-state index contributed by atoms with van der Waals surface area (Å²) in [5.41, 5.74) is 5.16. The second kappa shape index (κ2) is 13.7. The van der Waals surface area contributed by atoms with Crippen LogP contribution in [0, 0.1) is 45.8 Å². The summed E-state index contributed by atoms with van der Waals surface area (Å²) in [5.74, 6) is 5.39. The summed E-state index contributed by atoms with van der Waals surface area (Å²) < 4.78 is 4.30. The number of carbonyl (C=O) groups is 2. The zero-order chi connectivity index (χ0) is 36.2. The van der Waals surface area contributed by atoms with Crippen molar-refractivity contribution in [1.29, 1.82) is 0 Å². The lowest BCUT2D eigenvalue weighted by molar-refractivity contribution is -0.750. The van der Waals surface area contributed by atoms with Gasteiger partial charge in [-0.3, -0.25) is 4.79 Å². The molecule has 0 spiro atoms. The van der Waals surface area contributed by atoms with Crippen LogP contribution in [-0.2, 0) is 28.6 Å². The van der Waals surface area contributed by atoms with Crippen molar-refractivity contribution >= 4 is 12.6 Å². The van der Waals surface area contributed by atoms with Crippen LogP contribution in [-0.4, -0.2) is 27.3 Å². The molecule has 274 valence electrons. The van der Waals surface area contributed by atoms with Gasteiger partial charge in [0.25, 0.3) is 0 Å². The van der Waals surface area contributed by atoms with Crippen LogP contribution in [0.15, 0.2) is 29.5 Å². The van der Waals surface area contributed by atoms with E-state index in [0.717, 1.165) is 53.9 Å². The van der Waals surface area contributed by atoms with E-state index in [4.69, 9.17) is 10.2 Å². The van der Waals surface area contributed by atoms with Crippen LogP contribution < -0.4 is 4.57 Å². The Morgan fingerprint density at radius 3 is 2.42 bits per heavy atom. The van der Waals surface area contributed by atoms with Crippen molar-refractivity contribution in [3.63, 3.8) is 0 Å². The number of carbonyl (C=O) groups excluding carboxylic acids is 2. The van der Waals surface area contributed by atoms with Crippen molar-refractivity contribution in [3.8, 4) is 11.4 Å². The van der Waals surface area contributed by atoms with Crippen LogP contribution in [0.2, 0.25) is 0 Å². The van der Waals surface area contributed by atoms with Crippen molar-refractivity contribution in [2.24, 2.45) is 52.9 Å². The predicted molar refractivity (Wildman–Crippen MR) is 201 cm³/mol. The number of aromatic nitrogens is 4. The number of nitrogens with zero attached hydrogens (tertiary/aromatic N) is 4. The molecule has 0 bridgehead atoms. The van der Waals surface area contributed by atoms with E-state index in [-0.39, 0.29) is 11.3 Å². The molecule has 0 aliphatic heterocycles. The van der Waals surface area contributed by atoms with Crippen molar-refractivity contribution in [2.45, 2.75) is 157 Å². The molecule has 0 saturated heterocycles. The molecule has 6 nitrogen and oxygen atoms in total. The van der Waals surface area contributed by atoms with Crippen LogP contribution >= 0.6 is 0 Å². The molecule has 2 heterocycles. The molecule has 50 heavy (non-hydrogen) atoms. The topological polar surface area (TPSA) is 68.7 Å². The lowest BCUT2D eigenvalue weighted by Gasteiger charge is -2.66. The molecule has 8 atom stereocenters. The summed E-state index contributed by atoms with van der Waals surface area (Å²) in [6.45, 7) is 20.9. The zero-order valence-corrected chi connectivity index (χ0v) is 33.1. The fraction of sp³-hybridized carbons (Fsp3) is 0.750. The Hall–Kier alpha value is -2.63. The molecular weight excluding hydrogens is 617 g/mol. The largest absolute Gasteiger partial charge is 0.314 e. The lowest BCUT2D eigenvalue weighted by Crippen LogP contribution is -2.58. The van der Waals surface area contributed by atoms with Crippen molar-refractivity contribution < 1.29 is 14.2 Å². The Bertz CT molecular complexity index is 1620. The molecule has 0 aromatic carbocycles. The van der Waals surface area contributed by atoms with E-state index in [9.17, 15) is 9.59 Å². The van der Waals surface area contributed by atoms with Gasteiger partial charge in [0.2, 0.25) is 5.54 Å². The van der Waals surface area contributed by atoms with Gasteiger partial charge in [0.1, 0.15) is 12.1 Å². The molecule has 0 amide bonds. The van der Waals surface area contributed by atoms with Gasteiger partial charge in [-0.25, -0.2) is 0 Å². The fourth-order valence-electron chi connectivity index (χ4n) is 12.3. The summed E-state index contributed by atoms with van der Waals surface area (Å²) in [5, 5.41) is 9.67. The predicted octanol–water partition coefficient (Wildman–Crippen LogP) is 9.74. The minimum absolute atomic E-state index is 0.246. The Morgan fingerprint density at radius 1 is 1.00 bits per heavy atom. The molecule has 8 unspecified atom stereocenters. The Kier molecular flexibility index (Phi) is 10.2. The van der Waals surface area contributed by atoms with Gasteiger partial charge < -0.3 is 9.36 Å². The molecule has 4 aliphatic rings. The first kappa shape index (κ1) is 37.1. The molecule has 2 aromatic rings. The third kappa shape index (κ3) is 5.87. The SMILES string of the molecule is CCC(C)(C=O)[n+]1cc(-c2nnc(CC3(CC=O)CCC4C(CCC5C6(C)CCCCC6CCC45C)/C3=C(/C)C(C)C)n2C)ccc1C(C)C. The summed E-state index contributed by atoms with van der Waals surface area (Å²) in [6.07, 6.45) is 19.6. The number of allylic oxidation sites excluding steroid dienone is 2. The highest BCUT2D eigenvalue weighted by Gasteiger charge is 2.62. The Balaban J connectivity index is 1.38. The molecule has 6 heteroatoms. The van der Waals surface area contributed by atoms with Crippen LogP contribution in [0.1, 0.15) is 157 Å². The van der Waals surface area contributed by atoms with Crippen molar-refractivity contribution in [2.75, 3.05) is 0 Å². The van der Waals surface area contributed by atoms with E-state index in [0.29, 0.717) is 41.4 Å². The van der Waals surface area contributed by atoms with E-state index in [1.807, 2.05) is 6.92 Å². The molecule has 4 fully saturated rings. The van der Waals surface area contributed by atoms with Gasteiger partial charge in [-0.1, -0.05) is 72.5 Å². The third-order valence-electron chi connectivity index (χ3n) is 15.6. The number of fused-ring (bicyclic) bond motifs is 5. The second-order valence-electron chi connectivity index (χ2n) is 18.6.